The first kappa shape index (κ1) is 22.6. The van der Waals surface area contributed by atoms with Crippen molar-refractivity contribution in [1.29, 1.82) is 0 Å². The zero-order chi connectivity index (χ0) is 23.9. The quantitative estimate of drug-likeness (QED) is 0.644. The minimum Gasteiger partial charge on any atom is -0.465 e. The molecule has 2 aromatic rings. The number of hydrogen-bond acceptors (Lipinski definition) is 6. The van der Waals surface area contributed by atoms with Crippen molar-refractivity contribution in [2.45, 2.75) is 56.0 Å². The maximum Gasteiger partial charge on any atom is 0.586 e. The van der Waals surface area contributed by atoms with Crippen LogP contribution >= 0.6 is 0 Å². The number of esters is 1. The van der Waals surface area contributed by atoms with Gasteiger partial charge in [-0.3, -0.25) is 4.79 Å². The number of rotatable bonds is 6. The van der Waals surface area contributed by atoms with Crippen LogP contribution in [-0.2, 0) is 26.1 Å². The van der Waals surface area contributed by atoms with Crippen molar-refractivity contribution in [3.63, 3.8) is 0 Å². The molecule has 1 saturated carbocycles. The summed E-state index contributed by atoms with van der Waals surface area (Å²) >= 11 is 0. The van der Waals surface area contributed by atoms with Crippen LogP contribution in [0.25, 0.3) is 0 Å². The molecule has 2 fully saturated rings. The summed E-state index contributed by atoms with van der Waals surface area (Å²) in [5, 5.41) is 3.15. The van der Waals surface area contributed by atoms with Crippen molar-refractivity contribution >= 4 is 11.9 Å². The largest absolute Gasteiger partial charge is 0.586 e. The van der Waals surface area contributed by atoms with Gasteiger partial charge in [0, 0.05) is 12.6 Å². The van der Waals surface area contributed by atoms with Crippen LogP contribution in [0, 0.1) is 0 Å². The molecule has 3 aliphatic rings. The number of alkyl halides is 2. The van der Waals surface area contributed by atoms with E-state index in [1.807, 2.05) is 12.1 Å². The molecule has 2 aromatic carbocycles. The van der Waals surface area contributed by atoms with E-state index >= 15 is 0 Å². The van der Waals surface area contributed by atoms with Crippen LogP contribution in [0.3, 0.4) is 0 Å². The van der Waals surface area contributed by atoms with E-state index in [1.54, 1.807) is 18.2 Å². The minimum atomic E-state index is -3.68. The Bertz CT molecular complexity index is 1100. The summed E-state index contributed by atoms with van der Waals surface area (Å²) in [6.45, 7) is 0.530. The third-order valence-corrected chi connectivity index (χ3v) is 6.68. The first-order chi connectivity index (χ1) is 16.3. The lowest BCUT2D eigenvalue weighted by atomic mass is 9.92. The fourth-order valence-corrected chi connectivity index (χ4v) is 4.65. The van der Waals surface area contributed by atoms with Crippen LogP contribution in [0.4, 0.5) is 8.78 Å². The zero-order valence-corrected chi connectivity index (χ0v) is 18.6. The number of carbonyl (C=O) groups excluding carboxylic acids is 2. The van der Waals surface area contributed by atoms with Crippen LogP contribution in [0.5, 0.6) is 11.5 Å². The molecule has 5 rings (SSSR count). The molecule has 2 atom stereocenters. The number of carbonyl (C=O) groups is 2. The average Bonchev–Trinajstić information content (AvgIpc) is 3.56. The van der Waals surface area contributed by atoms with Gasteiger partial charge in [0.15, 0.2) is 11.5 Å². The summed E-state index contributed by atoms with van der Waals surface area (Å²) in [5.41, 5.74) is 1.44. The Morgan fingerprint density at radius 2 is 1.82 bits per heavy atom. The number of hydrogen-bond donors (Lipinski definition) is 1. The molecule has 34 heavy (non-hydrogen) atoms. The molecule has 2 aliphatic heterocycles. The molecule has 1 N–H and O–H groups in total. The fourth-order valence-electron chi connectivity index (χ4n) is 4.65. The minimum absolute atomic E-state index is 0.0307. The highest BCUT2D eigenvalue weighted by Gasteiger charge is 2.53. The zero-order valence-electron chi connectivity index (χ0n) is 18.6. The SMILES string of the molecule is COC(=O)c1ccc(C[C@H]2C[C@H](NC(=O)C3(c4ccc5c(c4)OC(F)(F)O5)CC3)CCO2)cc1. The first-order valence-corrected chi connectivity index (χ1v) is 11.3. The third-order valence-electron chi connectivity index (χ3n) is 6.68. The predicted molar refractivity (Wildman–Crippen MR) is 116 cm³/mol. The van der Waals surface area contributed by atoms with Gasteiger partial charge in [-0.05, 0) is 67.5 Å². The van der Waals surface area contributed by atoms with E-state index in [0.29, 0.717) is 49.8 Å². The molecule has 1 saturated heterocycles. The van der Waals surface area contributed by atoms with Gasteiger partial charge in [0.25, 0.3) is 0 Å². The number of benzene rings is 2. The first-order valence-electron chi connectivity index (χ1n) is 11.3. The Labute approximate surface area is 195 Å². The molecular formula is C25H25F2NO6. The Hall–Kier alpha value is -3.20. The van der Waals surface area contributed by atoms with Gasteiger partial charge in [0.05, 0.1) is 24.2 Å². The van der Waals surface area contributed by atoms with E-state index in [9.17, 15) is 18.4 Å². The number of methoxy groups -OCH3 is 1. The highest BCUT2D eigenvalue weighted by molar-refractivity contribution is 5.91. The second kappa shape index (κ2) is 8.54. The van der Waals surface area contributed by atoms with E-state index in [2.05, 4.69) is 14.8 Å². The lowest BCUT2D eigenvalue weighted by molar-refractivity contribution is -0.286. The highest BCUT2D eigenvalue weighted by atomic mass is 19.3. The Morgan fingerprint density at radius 1 is 1.09 bits per heavy atom. The monoisotopic (exact) mass is 473 g/mol. The molecule has 2 heterocycles. The van der Waals surface area contributed by atoms with E-state index < -0.39 is 11.7 Å². The lowest BCUT2D eigenvalue weighted by Crippen LogP contribution is -2.46. The smallest absolute Gasteiger partial charge is 0.465 e. The number of ether oxygens (including phenoxy) is 4. The van der Waals surface area contributed by atoms with Crippen molar-refractivity contribution in [2.24, 2.45) is 0 Å². The van der Waals surface area contributed by atoms with Crippen LogP contribution < -0.4 is 14.8 Å². The molecule has 0 aromatic heterocycles. The highest BCUT2D eigenvalue weighted by Crippen LogP contribution is 2.52. The number of amides is 1. The molecule has 180 valence electrons. The number of halogens is 2. The fraction of sp³-hybridized carbons (Fsp3) is 0.440. The molecule has 1 aliphatic carbocycles. The average molecular weight is 473 g/mol. The van der Waals surface area contributed by atoms with Gasteiger partial charge < -0.3 is 24.3 Å². The van der Waals surface area contributed by atoms with Gasteiger partial charge in [-0.2, -0.15) is 0 Å². The van der Waals surface area contributed by atoms with Crippen LogP contribution in [0.15, 0.2) is 42.5 Å². The van der Waals surface area contributed by atoms with E-state index in [0.717, 1.165) is 5.56 Å². The summed E-state index contributed by atoms with van der Waals surface area (Å²) < 4.78 is 46.4. The van der Waals surface area contributed by atoms with Crippen LogP contribution in [0.1, 0.15) is 47.2 Å². The van der Waals surface area contributed by atoms with Gasteiger partial charge in [0.1, 0.15) is 0 Å². The van der Waals surface area contributed by atoms with Crippen LogP contribution in [0.2, 0.25) is 0 Å². The van der Waals surface area contributed by atoms with Gasteiger partial charge in [0.2, 0.25) is 5.91 Å². The van der Waals surface area contributed by atoms with E-state index in [-0.39, 0.29) is 35.5 Å². The Balaban J connectivity index is 1.20. The Kier molecular flexibility index (Phi) is 5.67. The maximum atomic E-state index is 13.4. The van der Waals surface area contributed by atoms with Crippen molar-refractivity contribution in [3.05, 3.63) is 59.2 Å². The van der Waals surface area contributed by atoms with Crippen molar-refractivity contribution < 1.29 is 37.3 Å². The predicted octanol–water partition coefficient (Wildman–Crippen LogP) is 3.73. The molecule has 0 bridgehead atoms. The Morgan fingerprint density at radius 3 is 2.53 bits per heavy atom. The van der Waals surface area contributed by atoms with Crippen molar-refractivity contribution in [3.8, 4) is 11.5 Å². The lowest BCUT2D eigenvalue weighted by Gasteiger charge is -2.31. The summed E-state index contributed by atoms with van der Waals surface area (Å²) in [6, 6.07) is 11.7. The topological polar surface area (TPSA) is 83.1 Å². The second-order valence-corrected chi connectivity index (χ2v) is 8.99. The molecule has 0 radical (unpaired) electrons. The van der Waals surface area contributed by atoms with Crippen LogP contribution in [-0.4, -0.2) is 44.0 Å². The van der Waals surface area contributed by atoms with Crippen molar-refractivity contribution in [1.82, 2.24) is 5.32 Å². The van der Waals surface area contributed by atoms with E-state index in [1.165, 1.54) is 19.2 Å². The molecule has 1 amide bonds. The summed E-state index contributed by atoms with van der Waals surface area (Å²) in [5.74, 6) is -0.567. The van der Waals surface area contributed by atoms with E-state index in [4.69, 9.17) is 9.47 Å². The normalized spacial score (nSPS) is 23.7. The molecule has 0 spiro atoms. The molecule has 7 nitrogen and oxygen atoms in total. The summed E-state index contributed by atoms with van der Waals surface area (Å²) in [7, 11) is 1.34. The second-order valence-electron chi connectivity index (χ2n) is 8.99. The third kappa shape index (κ3) is 4.44. The van der Waals surface area contributed by atoms with Gasteiger partial charge in [-0.25, -0.2) is 4.79 Å². The van der Waals surface area contributed by atoms with Gasteiger partial charge in [-0.1, -0.05) is 18.2 Å². The van der Waals surface area contributed by atoms with Gasteiger partial charge in [-0.15, -0.1) is 8.78 Å². The molecular weight excluding hydrogens is 448 g/mol. The molecule has 0 unspecified atom stereocenters. The summed E-state index contributed by atoms with van der Waals surface area (Å²) in [4.78, 5) is 24.8. The number of fused-ring (bicyclic) bond motifs is 1. The standard InChI is InChI=1S/C25H25F2NO6/c1-31-22(29)16-4-2-15(3-5-16)12-19-14-18(8-11-32-19)28-23(30)24(9-10-24)17-6-7-20-21(13-17)34-25(26,27)33-20/h2-7,13,18-19H,8-12,14H2,1H3,(H,28,30)/t18-,19+/m1/s1. The van der Waals surface area contributed by atoms with Gasteiger partial charge >= 0.3 is 12.3 Å². The molecule has 9 heteroatoms. The number of nitrogens with one attached hydrogen (secondary N) is 1. The van der Waals surface area contributed by atoms with Crippen molar-refractivity contribution in [2.75, 3.05) is 13.7 Å². The summed E-state index contributed by atoms with van der Waals surface area (Å²) in [6.07, 6.45) is -0.430. The maximum absolute atomic E-state index is 13.4.